The number of aromatic nitrogens is 1. The summed E-state index contributed by atoms with van der Waals surface area (Å²) in [4.78, 5) is 4.52. The van der Waals surface area contributed by atoms with Crippen LogP contribution >= 0.6 is 11.3 Å². The summed E-state index contributed by atoms with van der Waals surface area (Å²) in [6, 6.07) is 0.0871. The van der Waals surface area contributed by atoms with E-state index in [9.17, 15) is 0 Å². The molecule has 66 valence electrons. The Morgan fingerprint density at radius 3 is 2.83 bits per heavy atom. The van der Waals surface area contributed by atoms with Crippen molar-refractivity contribution in [1.29, 1.82) is 0 Å². The van der Waals surface area contributed by atoms with Gasteiger partial charge < -0.3 is 5.73 Å². The van der Waals surface area contributed by atoms with Crippen molar-refractivity contribution in [3.05, 3.63) is 16.1 Å². The predicted octanol–water partition coefficient (Wildman–Crippen LogP) is 2.29. The third kappa shape index (κ3) is 1.39. The lowest BCUT2D eigenvalue weighted by Crippen LogP contribution is -2.05. The maximum absolute atomic E-state index is 5.73. The molecule has 3 unspecified atom stereocenters. The Hall–Kier alpha value is -0.410. The first kappa shape index (κ1) is 8.20. The second-order valence-electron chi connectivity index (χ2n) is 3.72. The van der Waals surface area contributed by atoms with Crippen molar-refractivity contribution in [1.82, 2.24) is 4.98 Å². The van der Waals surface area contributed by atoms with Gasteiger partial charge in [0.05, 0.1) is 10.7 Å². The average molecular weight is 182 g/mol. The van der Waals surface area contributed by atoms with Gasteiger partial charge in [0.15, 0.2) is 0 Å². The van der Waals surface area contributed by atoms with Crippen LogP contribution in [0, 0.1) is 5.92 Å². The van der Waals surface area contributed by atoms with Gasteiger partial charge in [-0.25, -0.2) is 4.98 Å². The fourth-order valence-electron chi connectivity index (χ4n) is 1.35. The molecule has 2 N–H and O–H groups in total. The lowest BCUT2D eigenvalue weighted by atomic mass is 10.3. The Morgan fingerprint density at radius 2 is 2.42 bits per heavy atom. The molecule has 1 aliphatic carbocycles. The van der Waals surface area contributed by atoms with Gasteiger partial charge in [0, 0.05) is 17.3 Å². The maximum atomic E-state index is 5.73. The number of thiazole rings is 1. The van der Waals surface area contributed by atoms with E-state index in [4.69, 9.17) is 5.73 Å². The van der Waals surface area contributed by atoms with Crippen molar-refractivity contribution >= 4 is 11.3 Å². The molecule has 3 heteroatoms. The first-order valence-electron chi connectivity index (χ1n) is 4.39. The van der Waals surface area contributed by atoms with Crippen LogP contribution in [0.25, 0.3) is 0 Å². The van der Waals surface area contributed by atoms with Crippen molar-refractivity contribution < 1.29 is 0 Å². The van der Waals surface area contributed by atoms with Crippen molar-refractivity contribution in [2.75, 3.05) is 0 Å². The quantitative estimate of drug-likeness (QED) is 0.762. The maximum Gasteiger partial charge on any atom is 0.0962 e. The molecule has 3 atom stereocenters. The van der Waals surface area contributed by atoms with Crippen LogP contribution in [-0.4, -0.2) is 4.98 Å². The van der Waals surface area contributed by atoms with E-state index in [0.29, 0.717) is 0 Å². The van der Waals surface area contributed by atoms with E-state index < -0.39 is 0 Å². The second kappa shape index (κ2) is 2.82. The molecule has 1 aromatic heterocycles. The fraction of sp³-hybridized carbons (Fsp3) is 0.667. The van der Waals surface area contributed by atoms with Crippen LogP contribution in [0.4, 0.5) is 0 Å². The van der Waals surface area contributed by atoms with Crippen LogP contribution in [0.1, 0.15) is 42.9 Å². The number of nitrogens with zero attached hydrogens (tertiary/aromatic N) is 1. The van der Waals surface area contributed by atoms with Crippen molar-refractivity contribution in [3.8, 4) is 0 Å². The van der Waals surface area contributed by atoms with Gasteiger partial charge >= 0.3 is 0 Å². The molecule has 12 heavy (non-hydrogen) atoms. The third-order valence-corrected chi connectivity index (χ3v) is 3.43. The first-order chi connectivity index (χ1) is 5.68. The van der Waals surface area contributed by atoms with E-state index in [-0.39, 0.29) is 6.04 Å². The minimum atomic E-state index is 0.0871. The molecular weight excluding hydrogens is 168 g/mol. The van der Waals surface area contributed by atoms with Gasteiger partial charge in [-0.15, -0.1) is 11.3 Å². The molecule has 0 amide bonds. The molecular formula is C9H14N2S. The number of hydrogen-bond acceptors (Lipinski definition) is 3. The normalized spacial score (nSPS) is 30.2. The zero-order valence-electron chi connectivity index (χ0n) is 7.45. The summed E-state index contributed by atoms with van der Waals surface area (Å²) in [6.45, 7) is 4.26. The Labute approximate surface area is 76.8 Å². The Bertz CT molecular complexity index is 280. The zero-order chi connectivity index (χ0) is 8.72. The number of rotatable bonds is 2. The van der Waals surface area contributed by atoms with Gasteiger partial charge in [0.1, 0.15) is 0 Å². The van der Waals surface area contributed by atoms with Crippen LogP contribution < -0.4 is 5.73 Å². The van der Waals surface area contributed by atoms with Crippen molar-refractivity contribution in [2.24, 2.45) is 11.7 Å². The molecule has 1 aromatic rings. The molecule has 2 nitrogen and oxygen atoms in total. The highest BCUT2D eigenvalue weighted by Gasteiger charge is 2.36. The summed E-state index contributed by atoms with van der Waals surface area (Å²) < 4.78 is 0. The Kier molecular flexibility index (Phi) is 1.93. The molecule has 0 bridgehead atoms. The first-order valence-corrected chi connectivity index (χ1v) is 5.27. The summed E-state index contributed by atoms with van der Waals surface area (Å²) in [5.74, 6) is 1.58. The summed E-state index contributed by atoms with van der Waals surface area (Å²) in [6.07, 6.45) is 1.31. The highest BCUT2D eigenvalue weighted by Crippen LogP contribution is 2.47. The second-order valence-corrected chi connectivity index (χ2v) is 4.61. The largest absolute Gasteiger partial charge is 0.323 e. The molecule has 0 spiro atoms. The molecule has 2 rings (SSSR count). The van der Waals surface area contributed by atoms with Crippen LogP contribution in [0.3, 0.4) is 0 Å². The molecule has 0 radical (unpaired) electrons. The van der Waals surface area contributed by atoms with Crippen LogP contribution in [0.2, 0.25) is 0 Å². The van der Waals surface area contributed by atoms with Gasteiger partial charge in [-0.3, -0.25) is 0 Å². The van der Waals surface area contributed by atoms with Crippen molar-refractivity contribution in [2.45, 2.75) is 32.2 Å². The molecule has 1 saturated carbocycles. The summed E-state index contributed by atoms with van der Waals surface area (Å²) >= 11 is 1.76. The minimum absolute atomic E-state index is 0.0871. The summed E-state index contributed by atoms with van der Waals surface area (Å²) in [5, 5.41) is 3.38. The topological polar surface area (TPSA) is 38.9 Å². The Morgan fingerprint density at radius 1 is 1.75 bits per heavy atom. The van der Waals surface area contributed by atoms with Gasteiger partial charge in [0.25, 0.3) is 0 Å². The van der Waals surface area contributed by atoms with Gasteiger partial charge in [0.2, 0.25) is 0 Å². The van der Waals surface area contributed by atoms with E-state index in [0.717, 1.165) is 17.5 Å². The Balaban J connectivity index is 2.14. The molecule has 1 heterocycles. The van der Waals surface area contributed by atoms with E-state index >= 15 is 0 Å². The molecule has 0 aromatic carbocycles. The highest BCUT2D eigenvalue weighted by molar-refractivity contribution is 7.09. The molecule has 1 fully saturated rings. The summed E-state index contributed by atoms with van der Waals surface area (Å²) in [7, 11) is 0. The van der Waals surface area contributed by atoms with Crippen molar-refractivity contribution in [3.63, 3.8) is 0 Å². The van der Waals surface area contributed by atoms with E-state index in [1.165, 1.54) is 11.4 Å². The fourth-order valence-corrected chi connectivity index (χ4v) is 2.52. The standard InChI is InChI=1S/C9H14N2S/c1-5-3-7(5)9-11-8(4-12-9)6(2)10/h4-7H,3,10H2,1-2H3. The monoisotopic (exact) mass is 182 g/mol. The van der Waals surface area contributed by atoms with E-state index in [1.807, 2.05) is 6.92 Å². The van der Waals surface area contributed by atoms with E-state index in [1.54, 1.807) is 11.3 Å². The summed E-state index contributed by atoms with van der Waals surface area (Å²) in [5.41, 5.74) is 6.78. The van der Waals surface area contributed by atoms with E-state index in [2.05, 4.69) is 17.3 Å². The lowest BCUT2D eigenvalue weighted by molar-refractivity contribution is 0.778. The van der Waals surface area contributed by atoms with Crippen LogP contribution in [0.15, 0.2) is 5.38 Å². The third-order valence-electron chi connectivity index (χ3n) is 2.43. The highest BCUT2D eigenvalue weighted by atomic mass is 32.1. The van der Waals surface area contributed by atoms with Gasteiger partial charge in [-0.1, -0.05) is 6.92 Å². The predicted molar refractivity (Wildman–Crippen MR) is 51.2 cm³/mol. The van der Waals surface area contributed by atoms with Crippen LogP contribution in [-0.2, 0) is 0 Å². The smallest absolute Gasteiger partial charge is 0.0962 e. The van der Waals surface area contributed by atoms with Gasteiger partial charge in [-0.05, 0) is 19.3 Å². The van der Waals surface area contributed by atoms with Gasteiger partial charge in [-0.2, -0.15) is 0 Å². The molecule has 0 aliphatic heterocycles. The lowest BCUT2D eigenvalue weighted by Gasteiger charge is -1.97. The average Bonchev–Trinajstić information content (AvgIpc) is 2.59. The number of hydrogen-bond donors (Lipinski definition) is 1. The zero-order valence-corrected chi connectivity index (χ0v) is 8.27. The van der Waals surface area contributed by atoms with Crippen LogP contribution in [0.5, 0.6) is 0 Å². The minimum Gasteiger partial charge on any atom is -0.323 e. The number of nitrogens with two attached hydrogens (primary N) is 1. The molecule has 1 aliphatic rings. The molecule has 0 saturated heterocycles. The SMILES string of the molecule is CC(N)c1csc(C2CC2C)n1.